The van der Waals surface area contributed by atoms with E-state index < -0.39 is 19.5 Å². The Labute approximate surface area is 123 Å². The normalized spacial score (nSPS) is 12.7. The Morgan fingerprint density at radius 1 is 1.24 bits per heavy atom. The first-order valence-corrected chi connectivity index (χ1v) is 8.19. The first kappa shape index (κ1) is 19.7. The summed E-state index contributed by atoms with van der Waals surface area (Å²) >= 11 is 0. The number of carbonyl (C=O) groups is 1. The molecule has 0 aromatic rings. The van der Waals surface area contributed by atoms with Gasteiger partial charge in [0.2, 0.25) is 11.9 Å². The Morgan fingerprint density at radius 3 is 2.24 bits per heavy atom. The van der Waals surface area contributed by atoms with Crippen molar-refractivity contribution in [2.45, 2.75) is 26.3 Å². The van der Waals surface area contributed by atoms with Crippen LogP contribution in [0.2, 0.25) is 0 Å². The third kappa shape index (κ3) is 9.24. The molecular weight excluding hydrogens is 301 g/mol. The van der Waals surface area contributed by atoms with E-state index in [-0.39, 0.29) is 38.5 Å². The number of primary amides is 1. The SMILES string of the molecule is CCOP(=O)(CN[C@@H](CCON=C(N)N)C(N)=O)OCC. The number of hydrogen-bond donors (Lipinski definition) is 4. The molecule has 0 saturated carbocycles. The number of carbonyl (C=O) groups excluding carboxylic acids is 1. The van der Waals surface area contributed by atoms with E-state index in [1.54, 1.807) is 13.8 Å². The van der Waals surface area contributed by atoms with Gasteiger partial charge in [-0.25, -0.2) is 0 Å². The predicted octanol–water partition coefficient (Wildman–Crippen LogP) is -0.751. The van der Waals surface area contributed by atoms with Gasteiger partial charge in [0.05, 0.1) is 25.5 Å². The van der Waals surface area contributed by atoms with Crippen LogP contribution in [0.5, 0.6) is 0 Å². The molecule has 0 spiro atoms. The zero-order chi connectivity index (χ0) is 16.3. The Balaban J connectivity index is 4.39. The van der Waals surface area contributed by atoms with Crippen molar-refractivity contribution in [1.82, 2.24) is 5.32 Å². The van der Waals surface area contributed by atoms with Gasteiger partial charge in [-0.15, -0.1) is 0 Å². The van der Waals surface area contributed by atoms with Crippen molar-refractivity contribution < 1.29 is 23.2 Å². The maximum absolute atomic E-state index is 12.2. The average Bonchev–Trinajstić information content (AvgIpc) is 2.37. The largest absolute Gasteiger partial charge is 0.393 e. The summed E-state index contributed by atoms with van der Waals surface area (Å²) in [6.07, 6.45) is 0.0644. The van der Waals surface area contributed by atoms with Gasteiger partial charge >= 0.3 is 7.60 Å². The van der Waals surface area contributed by atoms with Crippen molar-refractivity contribution in [2.75, 3.05) is 26.1 Å². The molecule has 0 heterocycles. The molecule has 0 unspecified atom stereocenters. The van der Waals surface area contributed by atoms with Gasteiger partial charge in [0.1, 0.15) is 6.61 Å². The van der Waals surface area contributed by atoms with E-state index in [0.717, 1.165) is 0 Å². The number of rotatable bonds is 12. The van der Waals surface area contributed by atoms with Gasteiger partial charge in [0.15, 0.2) is 0 Å². The van der Waals surface area contributed by atoms with Crippen molar-refractivity contribution in [3.05, 3.63) is 0 Å². The number of amides is 1. The Bertz CT molecular complexity index is 378. The zero-order valence-electron chi connectivity index (χ0n) is 12.3. The molecule has 1 amide bonds. The summed E-state index contributed by atoms with van der Waals surface area (Å²) in [6.45, 7) is 3.91. The molecule has 0 aliphatic carbocycles. The zero-order valence-corrected chi connectivity index (χ0v) is 13.2. The summed E-state index contributed by atoms with van der Waals surface area (Å²) in [6, 6.07) is -0.770. The van der Waals surface area contributed by atoms with E-state index in [4.69, 9.17) is 31.1 Å². The molecule has 0 aromatic heterocycles. The maximum atomic E-state index is 12.2. The molecule has 0 aromatic carbocycles. The molecule has 21 heavy (non-hydrogen) atoms. The number of oxime groups is 1. The van der Waals surface area contributed by atoms with Crippen LogP contribution in [0.3, 0.4) is 0 Å². The fourth-order valence-corrected chi connectivity index (χ4v) is 2.87. The van der Waals surface area contributed by atoms with Crippen LogP contribution in [0.4, 0.5) is 0 Å². The molecule has 0 fully saturated rings. The number of nitrogens with two attached hydrogens (primary N) is 3. The molecule has 0 radical (unpaired) electrons. The van der Waals surface area contributed by atoms with Crippen molar-refractivity contribution in [3.63, 3.8) is 0 Å². The summed E-state index contributed by atoms with van der Waals surface area (Å²) in [5.41, 5.74) is 15.4. The first-order valence-electron chi connectivity index (χ1n) is 6.46. The second-order valence-corrected chi connectivity index (χ2v) is 5.96. The minimum Gasteiger partial charge on any atom is -0.393 e. The second-order valence-electron chi connectivity index (χ2n) is 3.90. The highest BCUT2D eigenvalue weighted by Gasteiger charge is 2.26. The molecule has 7 N–H and O–H groups in total. The monoisotopic (exact) mass is 325 g/mol. The van der Waals surface area contributed by atoms with Gasteiger partial charge in [0, 0.05) is 6.42 Å². The van der Waals surface area contributed by atoms with Crippen molar-refractivity contribution in [1.29, 1.82) is 0 Å². The van der Waals surface area contributed by atoms with Gasteiger partial charge in [-0.1, -0.05) is 0 Å². The lowest BCUT2D eigenvalue weighted by Gasteiger charge is -2.20. The van der Waals surface area contributed by atoms with Crippen LogP contribution in [0, 0.1) is 0 Å². The fraction of sp³-hybridized carbons (Fsp3) is 0.800. The van der Waals surface area contributed by atoms with Crippen molar-refractivity contribution >= 4 is 19.5 Å². The molecule has 0 saturated heterocycles. The molecule has 0 aliphatic rings. The van der Waals surface area contributed by atoms with E-state index in [1.807, 2.05) is 0 Å². The Kier molecular flexibility index (Phi) is 9.72. The van der Waals surface area contributed by atoms with Gasteiger partial charge < -0.3 is 31.1 Å². The molecule has 124 valence electrons. The van der Waals surface area contributed by atoms with Crippen LogP contribution in [-0.2, 0) is 23.2 Å². The first-order chi connectivity index (χ1) is 9.84. The quantitative estimate of drug-likeness (QED) is 0.120. The highest BCUT2D eigenvalue weighted by Crippen LogP contribution is 2.46. The van der Waals surface area contributed by atoms with Gasteiger partial charge in [-0.05, 0) is 19.0 Å². The van der Waals surface area contributed by atoms with Gasteiger partial charge in [0.25, 0.3) is 0 Å². The number of guanidine groups is 1. The third-order valence-electron chi connectivity index (χ3n) is 2.19. The Morgan fingerprint density at radius 2 is 1.81 bits per heavy atom. The summed E-state index contributed by atoms with van der Waals surface area (Å²) in [7, 11) is -3.29. The lowest BCUT2D eigenvalue weighted by Crippen LogP contribution is -2.42. The maximum Gasteiger partial charge on any atom is 0.344 e. The summed E-state index contributed by atoms with van der Waals surface area (Å²) in [4.78, 5) is 16.1. The van der Waals surface area contributed by atoms with Gasteiger partial charge in [-0.2, -0.15) is 0 Å². The molecule has 10 nitrogen and oxygen atoms in total. The van der Waals surface area contributed by atoms with Gasteiger partial charge in [-0.3, -0.25) is 14.7 Å². The van der Waals surface area contributed by atoms with Crippen LogP contribution in [0.1, 0.15) is 20.3 Å². The smallest absolute Gasteiger partial charge is 0.344 e. The highest BCUT2D eigenvalue weighted by atomic mass is 31.2. The van der Waals surface area contributed by atoms with E-state index in [2.05, 4.69) is 10.5 Å². The average molecular weight is 325 g/mol. The molecule has 11 heteroatoms. The van der Waals surface area contributed by atoms with Crippen LogP contribution < -0.4 is 22.5 Å². The van der Waals surface area contributed by atoms with Crippen LogP contribution in [-0.4, -0.2) is 44.0 Å². The van der Waals surface area contributed by atoms with E-state index >= 15 is 0 Å². The van der Waals surface area contributed by atoms with E-state index in [1.165, 1.54) is 0 Å². The lowest BCUT2D eigenvalue weighted by molar-refractivity contribution is -0.120. The molecule has 0 rings (SSSR count). The van der Waals surface area contributed by atoms with Crippen molar-refractivity contribution in [3.8, 4) is 0 Å². The van der Waals surface area contributed by atoms with Crippen molar-refractivity contribution in [2.24, 2.45) is 22.4 Å². The summed E-state index contributed by atoms with van der Waals surface area (Å²) in [5.74, 6) is -0.848. The second kappa shape index (κ2) is 10.4. The fourth-order valence-electron chi connectivity index (χ4n) is 1.38. The molecule has 1 atom stereocenters. The summed E-state index contributed by atoms with van der Waals surface area (Å²) < 4.78 is 22.4. The molecular formula is C10H24N5O5P. The van der Waals surface area contributed by atoms with Crippen LogP contribution >= 0.6 is 7.60 Å². The molecule has 0 aliphatic heterocycles. The molecule has 0 bridgehead atoms. The number of nitrogens with one attached hydrogen (secondary N) is 1. The highest BCUT2D eigenvalue weighted by molar-refractivity contribution is 7.53. The predicted molar refractivity (Wildman–Crippen MR) is 78.2 cm³/mol. The minimum atomic E-state index is -3.29. The topological polar surface area (TPSA) is 164 Å². The Hall–Kier alpha value is -1.35. The van der Waals surface area contributed by atoms with Crippen LogP contribution in [0.25, 0.3) is 0 Å². The standard InChI is InChI=1S/C10H24N5O5P/c1-3-19-21(17,20-4-2)7-14-8(9(11)16)5-6-18-15-10(12)13/h8,14H,3-7H2,1-2H3,(H2,11,16)(H4,12,13,15)/t8-/m0/s1. The lowest BCUT2D eigenvalue weighted by atomic mass is 10.2. The summed E-state index contributed by atoms with van der Waals surface area (Å²) in [5, 5.41) is 6.05. The third-order valence-corrected chi connectivity index (χ3v) is 4.07. The van der Waals surface area contributed by atoms with E-state index in [9.17, 15) is 9.36 Å². The van der Waals surface area contributed by atoms with Crippen LogP contribution in [0.15, 0.2) is 5.16 Å². The number of nitrogens with zero attached hydrogens (tertiary/aromatic N) is 1. The van der Waals surface area contributed by atoms with E-state index in [0.29, 0.717) is 0 Å². The minimum absolute atomic E-state index is 0.0616. The number of hydrogen-bond acceptors (Lipinski definition) is 7.